The molecule has 0 aromatic carbocycles. The molecule has 1 saturated heterocycles. The van der Waals surface area contributed by atoms with Gasteiger partial charge >= 0.3 is 0 Å². The summed E-state index contributed by atoms with van der Waals surface area (Å²) < 4.78 is 7.59. The van der Waals surface area contributed by atoms with Gasteiger partial charge in [-0.3, -0.25) is 4.57 Å². The van der Waals surface area contributed by atoms with E-state index in [0.29, 0.717) is 17.8 Å². The molecule has 2 aromatic heterocycles. The van der Waals surface area contributed by atoms with Gasteiger partial charge in [-0.15, -0.1) is 10.2 Å². The summed E-state index contributed by atoms with van der Waals surface area (Å²) in [7, 11) is 0. The van der Waals surface area contributed by atoms with Gasteiger partial charge in [0.05, 0.1) is 5.25 Å². The van der Waals surface area contributed by atoms with Gasteiger partial charge in [0.2, 0.25) is 11.8 Å². The van der Waals surface area contributed by atoms with Crippen molar-refractivity contribution in [1.82, 2.24) is 24.9 Å². The zero-order valence-corrected chi connectivity index (χ0v) is 13.7. The summed E-state index contributed by atoms with van der Waals surface area (Å²) in [5.41, 5.74) is 0. The molecule has 1 atom stereocenters. The Balaban J connectivity index is 1.58. The van der Waals surface area contributed by atoms with E-state index in [1.165, 1.54) is 25.7 Å². The summed E-state index contributed by atoms with van der Waals surface area (Å²) in [6.45, 7) is 6.09. The highest BCUT2D eigenvalue weighted by atomic mass is 32.2. The average Bonchev–Trinajstić information content (AvgIpc) is 2.95. The van der Waals surface area contributed by atoms with Gasteiger partial charge in [0.25, 0.3) is 0 Å². The quantitative estimate of drug-likeness (QED) is 0.784. The fourth-order valence-corrected chi connectivity index (χ4v) is 3.77. The second-order valence-electron chi connectivity index (χ2n) is 6.02. The van der Waals surface area contributed by atoms with Gasteiger partial charge in [-0.05, 0) is 39.5 Å². The van der Waals surface area contributed by atoms with Crippen molar-refractivity contribution in [3.05, 3.63) is 11.7 Å². The van der Waals surface area contributed by atoms with Crippen LogP contribution in [-0.4, -0.2) is 38.0 Å². The largest absolute Gasteiger partial charge is 0.341 e. The van der Waals surface area contributed by atoms with Crippen LogP contribution in [0, 0.1) is 6.92 Å². The third-order valence-corrected chi connectivity index (χ3v) is 5.17. The number of aryl methyl sites for hydroxylation is 1. The molecule has 22 heavy (non-hydrogen) atoms. The highest BCUT2D eigenvalue weighted by Gasteiger charge is 2.33. The predicted molar refractivity (Wildman–Crippen MR) is 83.0 cm³/mol. The van der Waals surface area contributed by atoms with E-state index in [1.807, 2.05) is 6.92 Å². The van der Waals surface area contributed by atoms with Gasteiger partial charge in [-0.2, -0.15) is 4.98 Å². The van der Waals surface area contributed by atoms with E-state index in [4.69, 9.17) is 4.52 Å². The third-order valence-electron chi connectivity index (χ3n) is 4.12. The number of hydrogen-bond acceptors (Lipinski definition) is 7. The summed E-state index contributed by atoms with van der Waals surface area (Å²) in [5.74, 6) is 2.36. The summed E-state index contributed by atoms with van der Waals surface area (Å²) in [6.07, 6.45) is 4.94. The monoisotopic (exact) mass is 320 g/mol. The van der Waals surface area contributed by atoms with Crippen LogP contribution in [-0.2, 0) is 0 Å². The van der Waals surface area contributed by atoms with Gasteiger partial charge in [0.15, 0.2) is 11.0 Å². The van der Waals surface area contributed by atoms with Crippen LogP contribution < -0.4 is 4.90 Å². The number of thioether (sulfide) groups is 1. The lowest BCUT2D eigenvalue weighted by Gasteiger charge is -2.18. The Hall–Kier alpha value is -1.57. The van der Waals surface area contributed by atoms with Crippen molar-refractivity contribution in [3.8, 4) is 0 Å². The van der Waals surface area contributed by atoms with Crippen molar-refractivity contribution in [2.75, 3.05) is 18.0 Å². The lowest BCUT2D eigenvalue weighted by molar-refractivity contribution is 0.376. The highest BCUT2D eigenvalue weighted by molar-refractivity contribution is 7.99. The van der Waals surface area contributed by atoms with Crippen molar-refractivity contribution in [2.24, 2.45) is 0 Å². The average molecular weight is 320 g/mol. The SMILES string of the molecule is Cc1noc(C(C)Sc2nnc(N3CCCC3)n2C2CC2)n1. The number of aromatic nitrogens is 5. The van der Waals surface area contributed by atoms with Gasteiger partial charge in [0, 0.05) is 19.1 Å². The molecule has 0 bridgehead atoms. The van der Waals surface area contributed by atoms with Gasteiger partial charge in [-0.25, -0.2) is 0 Å². The predicted octanol–water partition coefficient (Wildman–Crippen LogP) is 2.76. The van der Waals surface area contributed by atoms with Crippen molar-refractivity contribution in [3.63, 3.8) is 0 Å². The molecule has 7 nitrogen and oxygen atoms in total. The molecule has 0 spiro atoms. The van der Waals surface area contributed by atoms with E-state index in [2.05, 4.69) is 36.7 Å². The Morgan fingerprint density at radius 3 is 2.64 bits per heavy atom. The summed E-state index contributed by atoms with van der Waals surface area (Å²) in [4.78, 5) is 6.67. The maximum Gasteiger partial charge on any atom is 0.239 e. The molecule has 0 N–H and O–H groups in total. The molecule has 1 aliphatic carbocycles. The molecule has 1 aliphatic heterocycles. The second kappa shape index (κ2) is 5.57. The topological polar surface area (TPSA) is 72.9 Å². The Kier molecular flexibility index (Phi) is 3.56. The van der Waals surface area contributed by atoms with Crippen molar-refractivity contribution in [2.45, 2.75) is 56.0 Å². The molecule has 2 aliphatic rings. The second-order valence-corrected chi connectivity index (χ2v) is 7.33. The van der Waals surface area contributed by atoms with Crippen LogP contribution in [0.5, 0.6) is 0 Å². The fraction of sp³-hybridized carbons (Fsp3) is 0.714. The molecule has 4 rings (SSSR count). The number of nitrogens with zero attached hydrogens (tertiary/aromatic N) is 6. The molecular formula is C14H20N6OS. The Morgan fingerprint density at radius 1 is 1.23 bits per heavy atom. The first kappa shape index (κ1) is 14.0. The zero-order chi connectivity index (χ0) is 15.1. The van der Waals surface area contributed by atoms with Crippen LogP contribution in [0.2, 0.25) is 0 Å². The summed E-state index contributed by atoms with van der Waals surface area (Å²) in [6, 6.07) is 0.560. The van der Waals surface area contributed by atoms with Crippen molar-refractivity contribution >= 4 is 17.7 Å². The molecule has 0 radical (unpaired) electrons. The first-order chi connectivity index (χ1) is 10.7. The van der Waals surface area contributed by atoms with Crippen LogP contribution in [0.25, 0.3) is 0 Å². The van der Waals surface area contributed by atoms with Gasteiger partial charge < -0.3 is 9.42 Å². The smallest absolute Gasteiger partial charge is 0.239 e. The molecule has 2 aromatic rings. The summed E-state index contributed by atoms with van der Waals surface area (Å²) in [5, 5.41) is 13.8. The lowest BCUT2D eigenvalue weighted by Crippen LogP contribution is -2.22. The zero-order valence-electron chi connectivity index (χ0n) is 12.9. The normalized spacial score (nSPS) is 19.8. The highest BCUT2D eigenvalue weighted by Crippen LogP contribution is 2.43. The van der Waals surface area contributed by atoms with Crippen LogP contribution in [0.1, 0.15) is 55.6 Å². The Morgan fingerprint density at radius 2 is 2.00 bits per heavy atom. The molecule has 118 valence electrons. The van der Waals surface area contributed by atoms with E-state index in [9.17, 15) is 0 Å². The minimum Gasteiger partial charge on any atom is -0.341 e. The number of rotatable bonds is 5. The van der Waals surface area contributed by atoms with Crippen LogP contribution in [0.15, 0.2) is 9.68 Å². The minimum atomic E-state index is 0.0781. The Labute approximate surface area is 133 Å². The van der Waals surface area contributed by atoms with Crippen LogP contribution in [0.3, 0.4) is 0 Å². The standard InChI is InChI=1S/C14H20N6OS/c1-9(12-15-10(2)18-21-12)22-14-17-16-13(19-7-3-4-8-19)20(14)11-5-6-11/h9,11H,3-8H2,1-2H3. The van der Waals surface area contributed by atoms with Gasteiger partial charge in [0.1, 0.15) is 0 Å². The molecular weight excluding hydrogens is 300 g/mol. The van der Waals surface area contributed by atoms with E-state index in [1.54, 1.807) is 11.8 Å². The lowest BCUT2D eigenvalue weighted by atomic mass is 10.4. The fourth-order valence-electron chi connectivity index (χ4n) is 2.82. The maximum absolute atomic E-state index is 5.27. The molecule has 0 amide bonds. The summed E-state index contributed by atoms with van der Waals surface area (Å²) >= 11 is 1.65. The molecule has 8 heteroatoms. The molecule has 1 saturated carbocycles. The number of anilines is 1. The number of hydrogen-bond donors (Lipinski definition) is 0. The third kappa shape index (κ3) is 2.60. The minimum absolute atomic E-state index is 0.0781. The maximum atomic E-state index is 5.27. The molecule has 2 fully saturated rings. The van der Waals surface area contributed by atoms with E-state index < -0.39 is 0 Å². The van der Waals surface area contributed by atoms with Crippen molar-refractivity contribution < 1.29 is 4.52 Å². The van der Waals surface area contributed by atoms with E-state index in [-0.39, 0.29) is 5.25 Å². The van der Waals surface area contributed by atoms with E-state index in [0.717, 1.165) is 24.2 Å². The first-order valence-electron chi connectivity index (χ1n) is 7.89. The van der Waals surface area contributed by atoms with Crippen molar-refractivity contribution in [1.29, 1.82) is 0 Å². The Bertz CT molecular complexity index is 658. The van der Waals surface area contributed by atoms with Crippen LogP contribution in [0.4, 0.5) is 5.95 Å². The molecule has 1 unspecified atom stereocenters. The van der Waals surface area contributed by atoms with Gasteiger partial charge in [-0.1, -0.05) is 16.9 Å². The molecule has 3 heterocycles. The van der Waals surface area contributed by atoms with Crippen LogP contribution >= 0.6 is 11.8 Å². The van der Waals surface area contributed by atoms with E-state index >= 15 is 0 Å². The first-order valence-corrected chi connectivity index (χ1v) is 8.77.